The van der Waals surface area contributed by atoms with Crippen molar-refractivity contribution in [3.05, 3.63) is 17.0 Å². The summed E-state index contributed by atoms with van der Waals surface area (Å²) in [6.07, 6.45) is 2.27. The van der Waals surface area contributed by atoms with Gasteiger partial charge in [-0.05, 0) is 33.6 Å². The summed E-state index contributed by atoms with van der Waals surface area (Å²) in [4.78, 5) is 4.80. The molecule has 1 unspecified atom stereocenters. The SMILES string of the molecule is CCC1(CC)CSC(=NC(C)c2c(C)noc2C)N1. The topological polar surface area (TPSA) is 50.4 Å². The molecule has 1 atom stereocenters. The summed E-state index contributed by atoms with van der Waals surface area (Å²) in [7, 11) is 0. The number of rotatable bonds is 4. The van der Waals surface area contributed by atoms with Crippen LogP contribution < -0.4 is 5.32 Å². The smallest absolute Gasteiger partial charge is 0.157 e. The van der Waals surface area contributed by atoms with Gasteiger partial charge < -0.3 is 9.84 Å². The van der Waals surface area contributed by atoms with Gasteiger partial charge in [-0.2, -0.15) is 0 Å². The van der Waals surface area contributed by atoms with E-state index in [2.05, 4.69) is 31.2 Å². The standard InChI is InChI=1S/C14H23N3OS/c1-6-14(7-2)8-19-13(16-14)15-9(3)12-10(4)17-18-11(12)5/h9H,6-8H2,1-5H3,(H,15,16). The zero-order valence-corrected chi connectivity index (χ0v) is 13.2. The molecule has 0 aromatic carbocycles. The summed E-state index contributed by atoms with van der Waals surface area (Å²) < 4.78 is 5.22. The van der Waals surface area contributed by atoms with Crippen molar-refractivity contribution >= 4 is 16.9 Å². The average Bonchev–Trinajstić information content (AvgIpc) is 2.94. The zero-order valence-electron chi connectivity index (χ0n) is 12.4. The Labute approximate surface area is 119 Å². The van der Waals surface area contributed by atoms with E-state index in [4.69, 9.17) is 9.52 Å². The van der Waals surface area contributed by atoms with Gasteiger partial charge in [0.05, 0.1) is 11.7 Å². The number of thioether (sulfide) groups is 1. The molecule has 1 aliphatic heterocycles. The highest BCUT2D eigenvalue weighted by molar-refractivity contribution is 8.14. The normalized spacial score (nSPS) is 21.6. The number of aromatic nitrogens is 1. The van der Waals surface area contributed by atoms with Crippen molar-refractivity contribution in [2.24, 2.45) is 4.99 Å². The highest BCUT2D eigenvalue weighted by Gasteiger charge is 2.34. The molecular formula is C14H23N3OS. The highest BCUT2D eigenvalue weighted by Crippen LogP contribution is 2.31. The van der Waals surface area contributed by atoms with Crippen LogP contribution in [0.2, 0.25) is 0 Å². The van der Waals surface area contributed by atoms with E-state index in [1.807, 2.05) is 25.6 Å². The first-order valence-electron chi connectivity index (χ1n) is 6.93. The molecule has 19 heavy (non-hydrogen) atoms. The van der Waals surface area contributed by atoms with Crippen LogP contribution in [0.3, 0.4) is 0 Å². The van der Waals surface area contributed by atoms with Crippen molar-refractivity contribution in [2.75, 3.05) is 5.75 Å². The summed E-state index contributed by atoms with van der Waals surface area (Å²) >= 11 is 1.82. The molecule has 4 nitrogen and oxygen atoms in total. The molecule has 0 aliphatic carbocycles. The van der Waals surface area contributed by atoms with Gasteiger partial charge in [0.15, 0.2) is 5.17 Å². The van der Waals surface area contributed by atoms with E-state index in [0.717, 1.165) is 40.8 Å². The van der Waals surface area contributed by atoms with Gasteiger partial charge in [0.25, 0.3) is 0 Å². The first kappa shape index (κ1) is 14.4. The molecule has 1 aliphatic rings. The van der Waals surface area contributed by atoms with Gasteiger partial charge in [-0.3, -0.25) is 4.99 Å². The number of hydrogen-bond acceptors (Lipinski definition) is 4. The van der Waals surface area contributed by atoms with Gasteiger partial charge in [-0.15, -0.1) is 0 Å². The Morgan fingerprint density at radius 2 is 2.11 bits per heavy atom. The molecule has 1 N–H and O–H groups in total. The van der Waals surface area contributed by atoms with Crippen LogP contribution >= 0.6 is 11.8 Å². The third-order valence-electron chi connectivity index (χ3n) is 4.03. The van der Waals surface area contributed by atoms with E-state index in [1.165, 1.54) is 0 Å². The van der Waals surface area contributed by atoms with Crippen LogP contribution in [-0.2, 0) is 0 Å². The molecule has 0 spiro atoms. The Morgan fingerprint density at radius 3 is 2.58 bits per heavy atom. The summed E-state index contributed by atoms with van der Waals surface area (Å²) in [5.74, 6) is 1.97. The van der Waals surface area contributed by atoms with E-state index in [9.17, 15) is 0 Å². The lowest BCUT2D eigenvalue weighted by molar-refractivity contribution is 0.391. The number of aliphatic imine (C=N–C) groups is 1. The molecule has 1 saturated heterocycles. The van der Waals surface area contributed by atoms with Crippen molar-refractivity contribution in [1.82, 2.24) is 10.5 Å². The van der Waals surface area contributed by atoms with Gasteiger partial charge in [0, 0.05) is 16.9 Å². The zero-order chi connectivity index (χ0) is 14.0. The maximum atomic E-state index is 5.22. The fourth-order valence-corrected chi connectivity index (χ4v) is 3.95. The molecule has 1 fully saturated rings. The lowest BCUT2D eigenvalue weighted by Gasteiger charge is -2.25. The van der Waals surface area contributed by atoms with Crippen molar-refractivity contribution in [1.29, 1.82) is 0 Å². The number of nitrogens with one attached hydrogen (secondary N) is 1. The molecule has 5 heteroatoms. The number of nitrogens with zero attached hydrogens (tertiary/aromatic N) is 2. The quantitative estimate of drug-likeness (QED) is 0.916. The maximum absolute atomic E-state index is 5.22. The predicted molar refractivity (Wildman–Crippen MR) is 80.7 cm³/mol. The maximum Gasteiger partial charge on any atom is 0.157 e. The average molecular weight is 281 g/mol. The van der Waals surface area contributed by atoms with E-state index >= 15 is 0 Å². The molecule has 1 aromatic heterocycles. The van der Waals surface area contributed by atoms with Crippen LogP contribution in [0.4, 0.5) is 0 Å². The van der Waals surface area contributed by atoms with Crippen LogP contribution in [-0.4, -0.2) is 21.6 Å². The Kier molecular flexibility index (Phi) is 4.23. The summed E-state index contributed by atoms with van der Waals surface area (Å²) in [5.41, 5.74) is 2.28. The summed E-state index contributed by atoms with van der Waals surface area (Å²) in [6, 6.07) is 0.0887. The first-order valence-corrected chi connectivity index (χ1v) is 7.91. The summed E-state index contributed by atoms with van der Waals surface area (Å²) in [6.45, 7) is 10.5. The monoisotopic (exact) mass is 281 g/mol. The number of hydrogen-bond donors (Lipinski definition) is 1. The Morgan fingerprint density at radius 1 is 1.42 bits per heavy atom. The van der Waals surface area contributed by atoms with Gasteiger partial charge in [0.1, 0.15) is 5.76 Å². The minimum atomic E-state index is 0.0887. The van der Waals surface area contributed by atoms with Crippen LogP contribution in [0.5, 0.6) is 0 Å². The second kappa shape index (κ2) is 5.57. The van der Waals surface area contributed by atoms with Crippen molar-refractivity contribution in [3.63, 3.8) is 0 Å². The van der Waals surface area contributed by atoms with Crippen molar-refractivity contribution in [3.8, 4) is 0 Å². The van der Waals surface area contributed by atoms with Gasteiger partial charge >= 0.3 is 0 Å². The fourth-order valence-electron chi connectivity index (χ4n) is 2.53. The lowest BCUT2D eigenvalue weighted by Crippen LogP contribution is -2.42. The fraction of sp³-hybridized carbons (Fsp3) is 0.714. The van der Waals surface area contributed by atoms with Gasteiger partial charge in [-0.1, -0.05) is 30.8 Å². The Bertz CT molecular complexity index is 458. The van der Waals surface area contributed by atoms with Crippen LogP contribution in [0, 0.1) is 13.8 Å². The number of aryl methyl sites for hydroxylation is 2. The second-order valence-electron chi connectivity index (χ2n) is 5.25. The third-order valence-corrected chi connectivity index (χ3v) is 5.21. The molecule has 1 aromatic rings. The third kappa shape index (κ3) is 2.81. The van der Waals surface area contributed by atoms with Crippen LogP contribution in [0.15, 0.2) is 9.52 Å². The van der Waals surface area contributed by atoms with Gasteiger partial charge in [-0.25, -0.2) is 0 Å². The largest absolute Gasteiger partial charge is 0.361 e. The van der Waals surface area contributed by atoms with E-state index in [-0.39, 0.29) is 11.6 Å². The first-order chi connectivity index (χ1) is 9.01. The highest BCUT2D eigenvalue weighted by atomic mass is 32.2. The minimum Gasteiger partial charge on any atom is -0.361 e. The molecule has 0 saturated carbocycles. The number of amidine groups is 1. The summed E-state index contributed by atoms with van der Waals surface area (Å²) in [5, 5.41) is 8.65. The molecule has 106 valence electrons. The Balaban J connectivity index is 2.15. The molecule has 2 rings (SSSR count). The molecule has 0 bridgehead atoms. The molecular weight excluding hydrogens is 258 g/mol. The Hall–Kier alpha value is -0.970. The minimum absolute atomic E-state index is 0.0887. The van der Waals surface area contributed by atoms with Crippen LogP contribution in [0.25, 0.3) is 0 Å². The predicted octanol–water partition coefficient (Wildman–Crippen LogP) is 3.60. The van der Waals surface area contributed by atoms with Gasteiger partial charge in [0.2, 0.25) is 0 Å². The lowest BCUT2D eigenvalue weighted by atomic mass is 9.96. The van der Waals surface area contributed by atoms with Crippen LogP contribution in [0.1, 0.15) is 56.7 Å². The van der Waals surface area contributed by atoms with Crippen molar-refractivity contribution in [2.45, 2.75) is 59.0 Å². The van der Waals surface area contributed by atoms with E-state index in [0.29, 0.717) is 0 Å². The van der Waals surface area contributed by atoms with Crippen molar-refractivity contribution < 1.29 is 4.52 Å². The van der Waals surface area contributed by atoms with E-state index < -0.39 is 0 Å². The molecule has 0 radical (unpaired) electrons. The second-order valence-corrected chi connectivity index (χ2v) is 6.21. The molecule has 2 heterocycles. The van der Waals surface area contributed by atoms with E-state index in [1.54, 1.807) is 0 Å². The molecule has 0 amide bonds.